The van der Waals surface area contributed by atoms with Crippen LogP contribution >= 0.6 is 23.8 Å². The second-order valence-corrected chi connectivity index (χ2v) is 7.91. The van der Waals surface area contributed by atoms with E-state index in [1.54, 1.807) is 0 Å². The van der Waals surface area contributed by atoms with Gasteiger partial charge in [0.1, 0.15) is 0 Å². The maximum atomic E-state index is 6.26. The van der Waals surface area contributed by atoms with Gasteiger partial charge in [-0.3, -0.25) is 14.3 Å². The molecule has 0 amide bonds. The van der Waals surface area contributed by atoms with Crippen LogP contribution in [0.5, 0.6) is 0 Å². The average molecular weight is 424 g/mol. The van der Waals surface area contributed by atoms with Gasteiger partial charge in [-0.2, -0.15) is 10.2 Å². The van der Waals surface area contributed by atoms with Crippen LogP contribution < -0.4 is 0 Å². The van der Waals surface area contributed by atoms with Crippen molar-refractivity contribution in [3.05, 3.63) is 86.9 Å². The number of nitrogens with zero attached hydrogens (tertiary/aromatic N) is 4. The topological polar surface area (TPSA) is 51.4 Å². The molecule has 0 spiro atoms. The number of aromatic amines is 1. The number of aromatic nitrogens is 5. The molecule has 1 N–H and O–H groups in total. The molecule has 29 heavy (non-hydrogen) atoms. The number of hydrogen-bond acceptors (Lipinski definition) is 3. The summed E-state index contributed by atoms with van der Waals surface area (Å²) in [6, 6.07) is 18.7. The molecule has 0 saturated heterocycles. The Morgan fingerprint density at radius 3 is 2.38 bits per heavy atom. The third kappa shape index (κ3) is 3.78. The van der Waals surface area contributed by atoms with Crippen molar-refractivity contribution in [3.8, 4) is 11.4 Å². The number of aryl methyl sites for hydroxylation is 1. The van der Waals surface area contributed by atoms with E-state index in [4.69, 9.17) is 23.8 Å². The van der Waals surface area contributed by atoms with Crippen molar-refractivity contribution in [1.82, 2.24) is 24.5 Å². The third-order valence-electron chi connectivity index (χ3n) is 5.21. The molecule has 0 unspecified atom stereocenters. The monoisotopic (exact) mass is 423 g/mol. The molecule has 2 heterocycles. The maximum absolute atomic E-state index is 6.26. The highest BCUT2D eigenvalue weighted by molar-refractivity contribution is 7.71. The van der Waals surface area contributed by atoms with Crippen molar-refractivity contribution in [1.29, 1.82) is 0 Å². The first-order valence-electron chi connectivity index (χ1n) is 9.46. The van der Waals surface area contributed by atoms with Gasteiger partial charge in [0.25, 0.3) is 0 Å². The van der Waals surface area contributed by atoms with Crippen LogP contribution in [0.4, 0.5) is 0 Å². The largest absolute Gasteiger partial charge is 0.293 e. The molecule has 2 aromatic carbocycles. The van der Waals surface area contributed by atoms with E-state index in [-0.39, 0.29) is 6.04 Å². The standard InChI is InChI=1S/C22H22ClN5S/c1-14-20(23)16(3)27(26-14)13-17-9-11-19(12-10-17)21-24-25-22(29)28(21)15(2)18-7-5-4-6-8-18/h4-12,15H,13H2,1-3H3,(H,25,29)/t15-/m1/s1. The van der Waals surface area contributed by atoms with E-state index in [1.807, 2.05) is 36.7 Å². The Morgan fingerprint density at radius 1 is 1.07 bits per heavy atom. The zero-order chi connectivity index (χ0) is 20.5. The molecule has 7 heteroatoms. The Balaban J connectivity index is 1.63. The van der Waals surface area contributed by atoms with E-state index in [0.717, 1.165) is 33.4 Å². The van der Waals surface area contributed by atoms with Crippen LogP contribution in [0, 0.1) is 18.6 Å². The molecule has 0 radical (unpaired) electrons. The van der Waals surface area contributed by atoms with Crippen LogP contribution in [0.15, 0.2) is 54.6 Å². The number of hydrogen-bond donors (Lipinski definition) is 1. The van der Waals surface area contributed by atoms with Gasteiger partial charge in [-0.05, 0) is 44.1 Å². The van der Waals surface area contributed by atoms with Crippen molar-refractivity contribution in [2.45, 2.75) is 33.4 Å². The summed E-state index contributed by atoms with van der Waals surface area (Å²) in [5.41, 5.74) is 5.17. The highest BCUT2D eigenvalue weighted by atomic mass is 35.5. The average Bonchev–Trinajstić information content (AvgIpc) is 3.24. The van der Waals surface area contributed by atoms with Crippen molar-refractivity contribution < 1.29 is 0 Å². The molecular weight excluding hydrogens is 402 g/mol. The van der Waals surface area contributed by atoms with Gasteiger partial charge in [0, 0.05) is 5.56 Å². The van der Waals surface area contributed by atoms with E-state index in [1.165, 1.54) is 5.56 Å². The Hall–Kier alpha value is -2.70. The minimum atomic E-state index is 0.0777. The zero-order valence-electron chi connectivity index (χ0n) is 16.6. The zero-order valence-corrected chi connectivity index (χ0v) is 18.1. The second kappa shape index (κ2) is 7.97. The lowest BCUT2D eigenvalue weighted by molar-refractivity contribution is 0.635. The summed E-state index contributed by atoms with van der Waals surface area (Å²) in [6.45, 7) is 6.71. The number of H-pyrrole nitrogens is 1. The molecule has 0 fully saturated rings. The van der Waals surface area contributed by atoms with Crippen LogP contribution in [-0.4, -0.2) is 24.5 Å². The molecule has 2 aromatic heterocycles. The molecule has 1 atom stereocenters. The fourth-order valence-corrected chi connectivity index (χ4v) is 3.94. The summed E-state index contributed by atoms with van der Waals surface area (Å²) in [4.78, 5) is 0. The van der Waals surface area contributed by atoms with Crippen LogP contribution in [0.1, 0.15) is 35.5 Å². The lowest BCUT2D eigenvalue weighted by Gasteiger charge is -2.16. The predicted molar refractivity (Wildman–Crippen MR) is 119 cm³/mol. The third-order valence-corrected chi connectivity index (χ3v) is 6.05. The predicted octanol–water partition coefficient (Wildman–Crippen LogP) is 5.73. The first kappa shape index (κ1) is 19.6. The highest BCUT2D eigenvalue weighted by Gasteiger charge is 2.16. The first-order valence-corrected chi connectivity index (χ1v) is 10.2. The lowest BCUT2D eigenvalue weighted by atomic mass is 10.1. The van der Waals surface area contributed by atoms with E-state index in [0.29, 0.717) is 11.3 Å². The molecular formula is C22H22ClN5S. The molecule has 0 bridgehead atoms. The van der Waals surface area contributed by atoms with Gasteiger partial charge in [0.2, 0.25) is 0 Å². The summed E-state index contributed by atoms with van der Waals surface area (Å²) in [7, 11) is 0. The Labute approximate surface area is 180 Å². The van der Waals surface area contributed by atoms with Crippen LogP contribution in [0.25, 0.3) is 11.4 Å². The van der Waals surface area contributed by atoms with Crippen molar-refractivity contribution >= 4 is 23.8 Å². The van der Waals surface area contributed by atoms with Crippen molar-refractivity contribution in [2.24, 2.45) is 0 Å². The molecule has 0 saturated carbocycles. The molecule has 5 nitrogen and oxygen atoms in total. The smallest absolute Gasteiger partial charge is 0.196 e. The van der Waals surface area contributed by atoms with Gasteiger partial charge in [0.15, 0.2) is 10.6 Å². The summed E-state index contributed by atoms with van der Waals surface area (Å²) in [5.74, 6) is 0.826. The molecule has 0 aliphatic rings. The van der Waals surface area contributed by atoms with Gasteiger partial charge < -0.3 is 0 Å². The van der Waals surface area contributed by atoms with E-state index < -0.39 is 0 Å². The van der Waals surface area contributed by atoms with Crippen LogP contribution in [0.3, 0.4) is 0 Å². The van der Waals surface area contributed by atoms with E-state index in [9.17, 15) is 0 Å². The highest BCUT2D eigenvalue weighted by Crippen LogP contribution is 2.26. The van der Waals surface area contributed by atoms with Gasteiger partial charge >= 0.3 is 0 Å². The molecule has 4 aromatic rings. The summed E-state index contributed by atoms with van der Waals surface area (Å²) >= 11 is 11.8. The minimum Gasteiger partial charge on any atom is -0.293 e. The fourth-order valence-electron chi connectivity index (χ4n) is 3.51. The first-order chi connectivity index (χ1) is 14.0. The number of halogens is 1. The van der Waals surface area contributed by atoms with Crippen LogP contribution in [0.2, 0.25) is 5.02 Å². The summed E-state index contributed by atoms with van der Waals surface area (Å²) < 4.78 is 4.60. The van der Waals surface area contributed by atoms with Crippen molar-refractivity contribution in [3.63, 3.8) is 0 Å². The fraction of sp³-hybridized carbons (Fsp3) is 0.227. The summed E-state index contributed by atoms with van der Waals surface area (Å²) in [6.07, 6.45) is 0. The minimum absolute atomic E-state index is 0.0777. The Morgan fingerprint density at radius 2 is 1.76 bits per heavy atom. The normalized spacial score (nSPS) is 12.3. The van der Waals surface area contributed by atoms with Gasteiger partial charge in [-0.1, -0.05) is 66.2 Å². The lowest BCUT2D eigenvalue weighted by Crippen LogP contribution is -2.09. The molecule has 148 valence electrons. The van der Waals surface area contributed by atoms with Crippen LogP contribution in [-0.2, 0) is 6.54 Å². The van der Waals surface area contributed by atoms with E-state index in [2.05, 4.69) is 63.2 Å². The van der Waals surface area contributed by atoms with Gasteiger partial charge in [-0.15, -0.1) is 0 Å². The Kier molecular flexibility index (Phi) is 5.39. The summed E-state index contributed by atoms with van der Waals surface area (Å²) in [5, 5.41) is 12.7. The van der Waals surface area contributed by atoms with E-state index >= 15 is 0 Å². The molecule has 0 aliphatic heterocycles. The second-order valence-electron chi connectivity index (χ2n) is 7.15. The number of nitrogens with one attached hydrogen (secondary N) is 1. The number of rotatable bonds is 5. The quantitative estimate of drug-likeness (QED) is 0.417. The SMILES string of the molecule is Cc1nn(Cc2ccc(-c3n[nH]c(=S)n3[C@H](C)c3ccccc3)cc2)c(C)c1Cl. The maximum Gasteiger partial charge on any atom is 0.196 e. The van der Waals surface area contributed by atoms with Gasteiger partial charge in [0.05, 0.1) is 29.0 Å². The van der Waals surface area contributed by atoms with Crippen molar-refractivity contribution in [2.75, 3.05) is 0 Å². The number of benzene rings is 2. The van der Waals surface area contributed by atoms with Gasteiger partial charge in [-0.25, -0.2) is 0 Å². The molecule has 0 aliphatic carbocycles. The Bertz CT molecular complexity index is 1190. The molecule has 4 rings (SSSR count).